The summed E-state index contributed by atoms with van der Waals surface area (Å²) < 4.78 is 53.7. The third kappa shape index (κ3) is 11.9. The summed E-state index contributed by atoms with van der Waals surface area (Å²) in [5, 5.41) is 14.1. The Morgan fingerprint density at radius 3 is 2.20 bits per heavy atom. The number of methoxy groups -OCH3 is 2. The largest absolute Gasteiger partial charge is 0.497 e. The molecule has 3 amide bonds. The average molecular weight is 799 g/mol. The molecule has 0 bridgehead atoms. The van der Waals surface area contributed by atoms with Gasteiger partial charge in [-0.05, 0) is 85.3 Å². The summed E-state index contributed by atoms with van der Waals surface area (Å²) in [6, 6.07) is 18.5. The Morgan fingerprint density at radius 1 is 0.875 bits per heavy atom. The van der Waals surface area contributed by atoms with E-state index in [1.807, 2.05) is 30.3 Å². The molecule has 56 heavy (non-hydrogen) atoms. The summed E-state index contributed by atoms with van der Waals surface area (Å²) >= 11 is 6.03. The van der Waals surface area contributed by atoms with Crippen LogP contribution in [0.15, 0.2) is 72.8 Å². The molecule has 0 radical (unpaired) electrons. The van der Waals surface area contributed by atoms with Crippen molar-refractivity contribution < 1.29 is 46.6 Å². The molecule has 4 aromatic rings. The molecule has 19 heteroatoms. The minimum atomic E-state index is -4.64. The summed E-state index contributed by atoms with van der Waals surface area (Å²) in [5.41, 5.74) is 1.73. The predicted octanol–water partition coefficient (Wildman–Crippen LogP) is 4.46. The van der Waals surface area contributed by atoms with Gasteiger partial charge in [0, 0.05) is 29.4 Å². The number of aromatic nitrogens is 3. The van der Waals surface area contributed by atoms with Gasteiger partial charge in [-0.1, -0.05) is 35.9 Å². The second kappa shape index (κ2) is 18.4. The highest BCUT2D eigenvalue weighted by Crippen LogP contribution is 2.48. The second-order valence-corrected chi connectivity index (χ2v) is 13.0. The molecular weight excluding hydrogens is 761 g/mol. The molecule has 296 valence electrons. The molecule has 0 spiro atoms. The number of benzene rings is 3. The fourth-order valence-electron chi connectivity index (χ4n) is 5.38. The molecule has 1 aliphatic rings. The van der Waals surface area contributed by atoms with Crippen LogP contribution in [-0.2, 0) is 31.1 Å². The number of ether oxygens (including phenoxy) is 3. The van der Waals surface area contributed by atoms with Gasteiger partial charge in [0.05, 0.1) is 19.8 Å². The smallest absolute Gasteiger partial charge is 0.422 e. The van der Waals surface area contributed by atoms with Crippen LogP contribution < -0.4 is 36.1 Å². The second-order valence-electron chi connectivity index (χ2n) is 12.5. The lowest BCUT2D eigenvalue weighted by molar-refractivity contribution is -0.154. The van der Waals surface area contributed by atoms with Crippen LogP contribution in [0.3, 0.4) is 0 Å². The Bertz CT molecular complexity index is 2020. The number of hydrogen-bond acceptors (Lipinski definition) is 12. The van der Waals surface area contributed by atoms with Crippen molar-refractivity contribution in [3.05, 3.63) is 94.5 Å². The average Bonchev–Trinajstić information content (AvgIpc) is 3.96. The van der Waals surface area contributed by atoms with E-state index in [-0.39, 0.29) is 37.0 Å². The molecule has 1 saturated carbocycles. The van der Waals surface area contributed by atoms with Crippen molar-refractivity contribution in [1.29, 1.82) is 0 Å². The first-order valence-corrected chi connectivity index (χ1v) is 17.6. The van der Waals surface area contributed by atoms with Gasteiger partial charge in [-0.3, -0.25) is 14.4 Å². The summed E-state index contributed by atoms with van der Waals surface area (Å²) in [6.07, 6.45) is -2.84. The molecule has 0 unspecified atom stereocenters. The zero-order valence-corrected chi connectivity index (χ0v) is 30.9. The highest BCUT2D eigenvalue weighted by molar-refractivity contribution is 6.35. The fraction of sp³-hybridized carbons (Fsp3) is 0.324. The van der Waals surface area contributed by atoms with Crippen LogP contribution in [0.25, 0.3) is 0 Å². The molecule has 1 aliphatic carbocycles. The van der Waals surface area contributed by atoms with Gasteiger partial charge in [0.15, 0.2) is 6.61 Å². The molecule has 3 aromatic carbocycles. The number of halogens is 4. The van der Waals surface area contributed by atoms with E-state index in [4.69, 9.17) is 25.8 Å². The van der Waals surface area contributed by atoms with Crippen molar-refractivity contribution in [3.63, 3.8) is 0 Å². The third-order valence-electron chi connectivity index (χ3n) is 8.43. The molecule has 0 aliphatic heterocycles. The number of anilines is 3. The van der Waals surface area contributed by atoms with Gasteiger partial charge < -0.3 is 40.8 Å². The van der Waals surface area contributed by atoms with Crippen LogP contribution in [-0.4, -0.2) is 84.8 Å². The van der Waals surface area contributed by atoms with E-state index >= 15 is 0 Å². The van der Waals surface area contributed by atoms with Crippen LogP contribution in [0.5, 0.6) is 11.8 Å². The zero-order valence-electron chi connectivity index (χ0n) is 30.2. The number of carbonyl (C=O) groups excluding carboxylic acids is 4. The number of carbonyl (C=O) groups is 4. The van der Waals surface area contributed by atoms with Gasteiger partial charge in [-0.25, -0.2) is 4.79 Å². The van der Waals surface area contributed by atoms with Crippen molar-refractivity contribution in [2.45, 2.75) is 43.4 Å². The fourth-order valence-corrected chi connectivity index (χ4v) is 5.50. The third-order valence-corrected chi connectivity index (χ3v) is 8.68. The van der Waals surface area contributed by atoms with Gasteiger partial charge in [0.25, 0.3) is 5.91 Å². The molecule has 5 rings (SSSR count). The Balaban J connectivity index is 1.16. The number of rotatable bonds is 17. The number of alkyl halides is 3. The van der Waals surface area contributed by atoms with E-state index in [0.717, 1.165) is 18.2 Å². The van der Waals surface area contributed by atoms with Gasteiger partial charge in [-0.15, -0.1) is 0 Å². The lowest BCUT2D eigenvalue weighted by atomic mass is 10.1. The first kappa shape index (κ1) is 41.0. The van der Waals surface area contributed by atoms with Crippen molar-refractivity contribution in [3.8, 4) is 11.8 Å². The SMILES string of the molecule is COC(=O)[C@H](CCNC(=O)C(=O)NCCc1cccc(OC)c1)NC(=O)c1ccc(Nc2nc(NC3(c4ccc(Cl)cc4)CC3)nc(OCC(F)(F)F)n2)cc1. The topological polar surface area (TPSA) is 195 Å². The Hall–Kier alpha value is -6.17. The van der Waals surface area contributed by atoms with E-state index in [9.17, 15) is 32.3 Å². The monoisotopic (exact) mass is 798 g/mol. The van der Waals surface area contributed by atoms with Crippen molar-refractivity contribution in [1.82, 2.24) is 30.9 Å². The molecule has 1 fully saturated rings. The first-order chi connectivity index (χ1) is 26.8. The number of hydrogen-bond donors (Lipinski definition) is 5. The molecule has 5 N–H and O–H groups in total. The molecule has 1 aromatic heterocycles. The van der Waals surface area contributed by atoms with Crippen molar-refractivity contribution >= 4 is 52.9 Å². The van der Waals surface area contributed by atoms with Crippen LogP contribution in [0.2, 0.25) is 5.02 Å². The highest BCUT2D eigenvalue weighted by Gasteiger charge is 2.45. The van der Waals surface area contributed by atoms with E-state index < -0.39 is 54.1 Å². The van der Waals surface area contributed by atoms with Gasteiger partial charge in [0.1, 0.15) is 11.8 Å². The van der Waals surface area contributed by atoms with Gasteiger partial charge in [0.2, 0.25) is 11.9 Å². The first-order valence-electron chi connectivity index (χ1n) is 17.2. The normalized spacial score (nSPS) is 13.4. The van der Waals surface area contributed by atoms with Crippen molar-refractivity contribution in [2.24, 2.45) is 0 Å². The van der Waals surface area contributed by atoms with Gasteiger partial charge in [-0.2, -0.15) is 28.1 Å². The number of esters is 1. The Labute approximate surface area is 324 Å². The number of amides is 3. The summed E-state index contributed by atoms with van der Waals surface area (Å²) in [4.78, 5) is 62.5. The summed E-state index contributed by atoms with van der Waals surface area (Å²) in [7, 11) is 2.68. The number of nitrogens with one attached hydrogen (secondary N) is 5. The van der Waals surface area contributed by atoms with E-state index in [0.29, 0.717) is 35.7 Å². The molecule has 1 atom stereocenters. The molecule has 0 saturated heterocycles. The zero-order chi connectivity index (χ0) is 40.3. The van der Waals surface area contributed by atoms with Crippen molar-refractivity contribution in [2.75, 3.05) is 44.5 Å². The van der Waals surface area contributed by atoms with E-state index in [1.54, 1.807) is 25.3 Å². The number of nitrogens with zero attached hydrogens (tertiary/aromatic N) is 3. The van der Waals surface area contributed by atoms with Crippen LogP contribution >= 0.6 is 11.6 Å². The minimum absolute atomic E-state index is 0.0294. The van der Waals surface area contributed by atoms with Gasteiger partial charge >= 0.3 is 30.0 Å². The standard InChI is InChI=1S/C37H38ClF3N8O7/c1-54-27-5-3-4-22(20-27)14-18-42-30(51)31(52)43-19-15-28(32(53)55-2)45-29(50)23-6-12-26(13-7-23)44-33-46-34(48-35(47-33)56-21-37(39,40)41)49-36(16-17-36)24-8-10-25(38)11-9-24/h3-13,20,28H,14-19,21H2,1-2H3,(H,42,51)(H,43,52)(H,45,50)(H2,44,46,47,48,49)/t28-/m0/s1. The summed E-state index contributed by atoms with van der Waals surface area (Å²) in [6.45, 7) is -1.56. The lowest BCUT2D eigenvalue weighted by Gasteiger charge is -2.19. The molecule has 15 nitrogen and oxygen atoms in total. The summed E-state index contributed by atoms with van der Waals surface area (Å²) in [5.74, 6) is -2.70. The lowest BCUT2D eigenvalue weighted by Crippen LogP contribution is -2.45. The maximum atomic E-state index is 13.1. The van der Waals surface area contributed by atoms with E-state index in [2.05, 4.69) is 41.5 Å². The Kier molecular flexibility index (Phi) is 13.5. The van der Waals surface area contributed by atoms with E-state index in [1.165, 1.54) is 24.3 Å². The minimum Gasteiger partial charge on any atom is -0.497 e. The predicted molar refractivity (Wildman–Crippen MR) is 198 cm³/mol. The van der Waals surface area contributed by atoms with Crippen LogP contribution in [0.1, 0.15) is 40.7 Å². The molecular formula is C37H38ClF3N8O7. The van der Waals surface area contributed by atoms with Crippen LogP contribution in [0, 0.1) is 0 Å². The quantitative estimate of drug-likeness (QED) is 0.0745. The maximum absolute atomic E-state index is 13.1. The van der Waals surface area contributed by atoms with Crippen LogP contribution in [0.4, 0.5) is 30.8 Å². The molecule has 1 heterocycles. The Morgan fingerprint density at radius 2 is 1.55 bits per heavy atom. The maximum Gasteiger partial charge on any atom is 0.422 e. The highest BCUT2D eigenvalue weighted by atomic mass is 35.5.